The van der Waals surface area contributed by atoms with Gasteiger partial charge in [-0.05, 0) is 39.8 Å². The zero-order valence-corrected chi connectivity index (χ0v) is 9.29. The van der Waals surface area contributed by atoms with Gasteiger partial charge in [0.2, 0.25) is 0 Å². The first-order valence-electron chi connectivity index (χ1n) is 5.46. The second kappa shape index (κ2) is 6.14. The van der Waals surface area contributed by atoms with Crippen LogP contribution in [0, 0.1) is 0 Å². The van der Waals surface area contributed by atoms with Crippen molar-refractivity contribution < 1.29 is 9.53 Å². The fourth-order valence-electron chi connectivity index (χ4n) is 1.83. The third-order valence-electron chi connectivity index (χ3n) is 2.50. The van der Waals surface area contributed by atoms with E-state index in [0.29, 0.717) is 24.9 Å². The van der Waals surface area contributed by atoms with E-state index in [4.69, 9.17) is 4.74 Å². The third-order valence-corrected chi connectivity index (χ3v) is 2.50. The van der Waals surface area contributed by atoms with Crippen LogP contribution >= 0.6 is 0 Å². The van der Waals surface area contributed by atoms with Crippen LogP contribution in [-0.2, 0) is 9.53 Å². The van der Waals surface area contributed by atoms with Crippen LogP contribution in [0.5, 0.6) is 0 Å². The van der Waals surface area contributed by atoms with E-state index in [1.54, 1.807) is 0 Å². The molecule has 3 heteroatoms. The number of ether oxygens (including phenoxy) is 1. The van der Waals surface area contributed by atoms with Crippen molar-refractivity contribution in [3.63, 3.8) is 0 Å². The maximum atomic E-state index is 11.3. The quantitative estimate of drug-likeness (QED) is 0.648. The van der Waals surface area contributed by atoms with Gasteiger partial charge in [0.25, 0.3) is 0 Å². The number of likely N-dealkylation sites (N-methyl/N-ethyl adjacent to an activating group) is 1. The van der Waals surface area contributed by atoms with Crippen LogP contribution in [-0.4, -0.2) is 44.0 Å². The largest absolute Gasteiger partial charge is 0.378 e. The summed E-state index contributed by atoms with van der Waals surface area (Å²) in [6, 6.07) is 0. The van der Waals surface area contributed by atoms with Gasteiger partial charge in [-0.25, -0.2) is 0 Å². The van der Waals surface area contributed by atoms with Crippen LogP contribution < -0.4 is 0 Å². The van der Waals surface area contributed by atoms with Crippen LogP contribution in [0.2, 0.25) is 0 Å². The molecule has 3 nitrogen and oxygen atoms in total. The molecule has 1 fully saturated rings. The van der Waals surface area contributed by atoms with Gasteiger partial charge in [0, 0.05) is 13.0 Å². The normalized spacial score (nSPS) is 21.8. The monoisotopic (exact) mass is 199 g/mol. The standard InChI is InChI=1S/C11H21NO2/c1-12(2)9-10(13)5-3-6-11-7-4-8-14-11/h11H,3-9H2,1-2H3. The van der Waals surface area contributed by atoms with Crippen LogP contribution in [0.15, 0.2) is 0 Å². The van der Waals surface area contributed by atoms with Gasteiger partial charge in [-0.3, -0.25) is 4.79 Å². The number of ketones is 1. The van der Waals surface area contributed by atoms with Gasteiger partial charge in [0.05, 0.1) is 12.6 Å². The van der Waals surface area contributed by atoms with Crippen molar-refractivity contribution >= 4 is 5.78 Å². The van der Waals surface area contributed by atoms with Gasteiger partial charge in [0.15, 0.2) is 0 Å². The molecule has 0 aromatic heterocycles. The second-order valence-electron chi connectivity index (χ2n) is 4.30. The highest BCUT2D eigenvalue weighted by Crippen LogP contribution is 2.17. The minimum absolute atomic E-state index is 0.341. The summed E-state index contributed by atoms with van der Waals surface area (Å²) in [4.78, 5) is 13.3. The zero-order chi connectivity index (χ0) is 10.4. The predicted octanol–water partition coefficient (Wildman–Crippen LogP) is 1.47. The lowest BCUT2D eigenvalue weighted by Crippen LogP contribution is -2.21. The minimum atomic E-state index is 0.341. The molecule has 0 N–H and O–H groups in total. The highest BCUT2D eigenvalue weighted by Gasteiger charge is 2.15. The highest BCUT2D eigenvalue weighted by molar-refractivity contribution is 5.80. The van der Waals surface area contributed by atoms with E-state index in [1.807, 2.05) is 19.0 Å². The Hall–Kier alpha value is -0.410. The van der Waals surface area contributed by atoms with E-state index in [0.717, 1.165) is 19.4 Å². The molecule has 1 heterocycles. The van der Waals surface area contributed by atoms with Crippen molar-refractivity contribution in [2.24, 2.45) is 0 Å². The van der Waals surface area contributed by atoms with Crippen LogP contribution in [0.1, 0.15) is 32.1 Å². The average Bonchev–Trinajstić information content (AvgIpc) is 2.55. The Balaban J connectivity index is 1.99. The Kier molecular flexibility index (Phi) is 5.12. The van der Waals surface area contributed by atoms with Crippen molar-refractivity contribution in [1.29, 1.82) is 0 Å². The van der Waals surface area contributed by atoms with E-state index < -0.39 is 0 Å². The number of hydrogen-bond donors (Lipinski definition) is 0. The van der Waals surface area contributed by atoms with Gasteiger partial charge in [-0.15, -0.1) is 0 Å². The van der Waals surface area contributed by atoms with Crippen LogP contribution in [0.4, 0.5) is 0 Å². The van der Waals surface area contributed by atoms with E-state index in [-0.39, 0.29) is 0 Å². The van der Waals surface area contributed by atoms with Gasteiger partial charge < -0.3 is 9.64 Å². The molecule has 1 aliphatic heterocycles. The number of hydrogen-bond acceptors (Lipinski definition) is 3. The van der Waals surface area contributed by atoms with E-state index in [2.05, 4.69) is 0 Å². The van der Waals surface area contributed by atoms with E-state index in [9.17, 15) is 4.79 Å². The minimum Gasteiger partial charge on any atom is -0.378 e. The number of Topliss-reactive ketones (excluding diaryl/α,β-unsaturated/α-hetero) is 1. The first-order chi connectivity index (χ1) is 6.68. The van der Waals surface area contributed by atoms with E-state index >= 15 is 0 Å². The summed E-state index contributed by atoms with van der Waals surface area (Å²) in [6.45, 7) is 1.49. The summed E-state index contributed by atoms with van der Waals surface area (Å²) in [6.07, 6.45) is 5.55. The SMILES string of the molecule is CN(C)CC(=O)CCCC1CCCO1. The fraction of sp³-hybridized carbons (Fsp3) is 0.909. The topological polar surface area (TPSA) is 29.5 Å². The highest BCUT2D eigenvalue weighted by atomic mass is 16.5. The van der Waals surface area contributed by atoms with Gasteiger partial charge in [-0.2, -0.15) is 0 Å². The smallest absolute Gasteiger partial charge is 0.146 e. The molecule has 0 aromatic carbocycles. The zero-order valence-electron chi connectivity index (χ0n) is 9.29. The molecule has 0 aromatic rings. The molecule has 0 aliphatic carbocycles. The summed E-state index contributed by atoms with van der Waals surface area (Å²) in [5, 5.41) is 0. The summed E-state index contributed by atoms with van der Waals surface area (Å²) in [5.41, 5.74) is 0. The maximum absolute atomic E-state index is 11.3. The molecule has 1 atom stereocenters. The molecule has 1 unspecified atom stereocenters. The van der Waals surface area contributed by atoms with E-state index in [1.165, 1.54) is 12.8 Å². The summed E-state index contributed by atoms with van der Waals surface area (Å²) in [7, 11) is 3.86. The number of nitrogens with zero attached hydrogens (tertiary/aromatic N) is 1. The first kappa shape index (κ1) is 11.7. The lowest BCUT2D eigenvalue weighted by atomic mass is 10.1. The second-order valence-corrected chi connectivity index (χ2v) is 4.30. The molecule has 1 aliphatic rings. The Morgan fingerprint density at radius 1 is 1.50 bits per heavy atom. The molecule has 1 saturated heterocycles. The maximum Gasteiger partial charge on any atom is 0.146 e. The molecule has 82 valence electrons. The van der Waals surface area contributed by atoms with Crippen molar-refractivity contribution in [2.75, 3.05) is 27.2 Å². The number of rotatable bonds is 6. The first-order valence-corrected chi connectivity index (χ1v) is 5.46. The lowest BCUT2D eigenvalue weighted by molar-refractivity contribution is -0.119. The number of carbonyl (C=O) groups is 1. The summed E-state index contributed by atoms with van der Waals surface area (Å²) >= 11 is 0. The third kappa shape index (κ3) is 4.72. The van der Waals surface area contributed by atoms with Gasteiger partial charge in [-0.1, -0.05) is 0 Å². The molecule has 0 amide bonds. The molecule has 0 saturated carbocycles. The van der Waals surface area contributed by atoms with Crippen molar-refractivity contribution in [1.82, 2.24) is 4.90 Å². The Bertz CT molecular complexity index is 174. The molecule has 0 spiro atoms. The number of carbonyl (C=O) groups excluding carboxylic acids is 1. The Morgan fingerprint density at radius 3 is 2.86 bits per heavy atom. The molecular formula is C11H21NO2. The molecule has 14 heavy (non-hydrogen) atoms. The lowest BCUT2D eigenvalue weighted by Gasteiger charge is -2.10. The van der Waals surface area contributed by atoms with Crippen LogP contribution in [0.3, 0.4) is 0 Å². The molecular weight excluding hydrogens is 178 g/mol. The summed E-state index contributed by atoms with van der Waals surface area (Å²) < 4.78 is 5.49. The predicted molar refractivity (Wildman–Crippen MR) is 56.4 cm³/mol. The van der Waals surface area contributed by atoms with Crippen molar-refractivity contribution in [3.05, 3.63) is 0 Å². The fourth-order valence-corrected chi connectivity index (χ4v) is 1.83. The Labute approximate surface area is 86.4 Å². The average molecular weight is 199 g/mol. The van der Waals surface area contributed by atoms with Gasteiger partial charge in [0.1, 0.15) is 5.78 Å². The van der Waals surface area contributed by atoms with Gasteiger partial charge >= 0.3 is 0 Å². The van der Waals surface area contributed by atoms with Crippen LogP contribution in [0.25, 0.3) is 0 Å². The summed E-state index contributed by atoms with van der Waals surface area (Å²) in [5.74, 6) is 0.341. The Morgan fingerprint density at radius 2 is 2.29 bits per heavy atom. The van der Waals surface area contributed by atoms with Crippen molar-refractivity contribution in [3.8, 4) is 0 Å². The molecule has 0 radical (unpaired) electrons. The van der Waals surface area contributed by atoms with Crippen molar-refractivity contribution in [2.45, 2.75) is 38.2 Å². The molecule has 1 rings (SSSR count). The molecule has 0 bridgehead atoms.